The van der Waals surface area contributed by atoms with Crippen LogP contribution in [0.5, 0.6) is 0 Å². The molecular formula is C13H23NO2S. The van der Waals surface area contributed by atoms with E-state index in [4.69, 9.17) is 4.74 Å². The first kappa shape index (κ1) is 12.3. The molecule has 1 aliphatic carbocycles. The first-order valence-corrected chi connectivity index (χ1v) is 8.06. The van der Waals surface area contributed by atoms with E-state index in [0.29, 0.717) is 12.0 Å². The molecule has 3 fully saturated rings. The van der Waals surface area contributed by atoms with Crippen LogP contribution in [0.3, 0.4) is 0 Å². The van der Waals surface area contributed by atoms with Gasteiger partial charge in [0, 0.05) is 24.9 Å². The quantitative estimate of drug-likeness (QED) is 0.799. The fourth-order valence-electron chi connectivity index (χ4n) is 3.00. The number of aliphatic hydroxyl groups excluding tert-OH is 1. The van der Waals surface area contributed by atoms with Gasteiger partial charge in [0.05, 0.1) is 11.7 Å². The largest absolute Gasteiger partial charge is 0.392 e. The van der Waals surface area contributed by atoms with E-state index in [1.807, 2.05) is 11.8 Å². The van der Waals surface area contributed by atoms with Crippen molar-refractivity contribution >= 4 is 11.8 Å². The van der Waals surface area contributed by atoms with Gasteiger partial charge in [0.15, 0.2) is 0 Å². The summed E-state index contributed by atoms with van der Waals surface area (Å²) in [5.74, 6) is 2.99. The molecule has 3 atom stereocenters. The van der Waals surface area contributed by atoms with E-state index < -0.39 is 0 Å². The minimum atomic E-state index is -0.119. The van der Waals surface area contributed by atoms with Crippen LogP contribution in [-0.2, 0) is 4.74 Å². The van der Waals surface area contributed by atoms with Gasteiger partial charge in [-0.3, -0.25) is 0 Å². The summed E-state index contributed by atoms with van der Waals surface area (Å²) in [6.07, 6.45) is 5.77. The molecule has 0 aromatic heterocycles. The predicted octanol–water partition coefficient (Wildman–Crippen LogP) is 1.40. The van der Waals surface area contributed by atoms with Crippen LogP contribution >= 0.6 is 11.8 Å². The smallest absolute Gasteiger partial charge is 0.0795 e. The Balaban J connectivity index is 1.46. The second-order valence-electron chi connectivity index (χ2n) is 5.84. The van der Waals surface area contributed by atoms with Gasteiger partial charge in [0.2, 0.25) is 0 Å². The van der Waals surface area contributed by atoms with E-state index in [9.17, 15) is 5.11 Å². The van der Waals surface area contributed by atoms with Crippen molar-refractivity contribution in [1.29, 1.82) is 0 Å². The molecule has 2 aliphatic heterocycles. The number of ether oxygens (including phenoxy) is 1. The van der Waals surface area contributed by atoms with Crippen molar-refractivity contribution in [2.45, 2.75) is 49.9 Å². The maximum Gasteiger partial charge on any atom is 0.0795 e. The normalized spacial score (nSPS) is 39.7. The topological polar surface area (TPSA) is 41.5 Å². The van der Waals surface area contributed by atoms with Crippen molar-refractivity contribution in [3.63, 3.8) is 0 Å². The van der Waals surface area contributed by atoms with E-state index in [0.717, 1.165) is 31.7 Å². The van der Waals surface area contributed by atoms with Crippen LogP contribution in [0.4, 0.5) is 0 Å². The highest BCUT2D eigenvalue weighted by Crippen LogP contribution is 2.38. The summed E-state index contributed by atoms with van der Waals surface area (Å²) in [6.45, 7) is 1.66. The molecule has 0 aromatic carbocycles. The Morgan fingerprint density at radius 3 is 3.00 bits per heavy atom. The third-order valence-electron chi connectivity index (χ3n) is 4.34. The van der Waals surface area contributed by atoms with E-state index in [1.165, 1.54) is 25.0 Å². The van der Waals surface area contributed by atoms with Crippen molar-refractivity contribution in [3.8, 4) is 0 Å². The number of rotatable bonds is 4. The number of nitrogens with one attached hydrogen (secondary N) is 1. The Bertz CT molecular complexity index is 264. The monoisotopic (exact) mass is 257 g/mol. The van der Waals surface area contributed by atoms with Crippen molar-refractivity contribution < 1.29 is 9.84 Å². The molecule has 2 saturated heterocycles. The Hall–Kier alpha value is 0.230. The molecular weight excluding hydrogens is 234 g/mol. The van der Waals surface area contributed by atoms with Gasteiger partial charge >= 0.3 is 0 Å². The number of hydrogen-bond donors (Lipinski definition) is 2. The molecule has 2 N–H and O–H groups in total. The first-order chi connectivity index (χ1) is 8.27. The van der Waals surface area contributed by atoms with Crippen LogP contribution in [0, 0.1) is 5.92 Å². The lowest BCUT2D eigenvalue weighted by atomic mass is 9.90. The summed E-state index contributed by atoms with van der Waals surface area (Å²) in [6, 6.07) is 0.552. The van der Waals surface area contributed by atoms with E-state index >= 15 is 0 Å². The summed E-state index contributed by atoms with van der Waals surface area (Å²) in [5, 5.41) is 13.4. The number of thioether (sulfide) groups is 1. The minimum absolute atomic E-state index is 0.119. The van der Waals surface area contributed by atoms with Crippen molar-refractivity contribution in [2.24, 2.45) is 5.92 Å². The lowest BCUT2D eigenvalue weighted by Crippen LogP contribution is -2.48. The molecule has 1 saturated carbocycles. The van der Waals surface area contributed by atoms with Crippen molar-refractivity contribution in [1.82, 2.24) is 5.32 Å². The van der Waals surface area contributed by atoms with Gasteiger partial charge in [0.25, 0.3) is 0 Å². The number of aliphatic hydroxyl groups is 1. The van der Waals surface area contributed by atoms with Gasteiger partial charge in [-0.15, -0.1) is 0 Å². The van der Waals surface area contributed by atoms with Gasteiger partial charge < -0.3 is 15.2 Å². The summed E-state index contributed by atoms with van der Waals surface area (Å²) in [5.41, 5.74) is 0.158. The van der Waals surface area contributed by atoms with Crippen LogP contribution in [-0.4, -0.2) is 47.5 Å². The average molecular weight is 257 g/mol. The maximum atomic E-state index is 9.88. The third-order valence-corrected chi connectivity index (χ3v) is 5.56. The zero-order valence-corrected chi connectivity index (χ0v) is 11.2. The Kier molecular flexibility index (Phi) is 3.67. The molecule has 98 valence electrons. The zero-order chi connectivity index (χ0) is 11.7. The molecule has 1 spiro atoms. The summed E-state index contributed by atoms with van der Waals surface area (Å²) >= 11 is 2.02. The average Bonchev–Trinajstić information content (AvgIpc) is 3.10. The van der Waals surface area contributed by atoms with E-state index in [2.05, 4.69) is 5.32 Å². The molecule has 17 heavy (non-hydrogen) atoms. The minimum Gasteiger partial charge on any atom is -0.392 e. The summed E-state index contributed by atoms with van der Waals surface area (Å²) < 4.78 is 6.00. The molecule has 0 aromatic rings. The lowest BCUT2D eigenvalue weighted by Gasteiger charge is -2.38. The molecule has 3 aliphatic rings. The standard InChI is InChI=1S/C13H23NO2S/c15-12(10-1-2-10)8-14-11-3-5-16-13(7-11)4-6-17-9-13/h10-12,14-15H,1-9H2. The van der Waals surface area contributed by atoms with E-state index in [-0.39, 0.29) is 11.7 Å². The van der Waals surface area contributed by atoms with Gasteiger partial charge in [-0.2, -0.15) is 11.8 Å². The highest BCUT2D eigenvalue weighted by Gasteiger charge is 2.40. The fourth-order valence-corrected chi connectivity index (χ4v) is 4.38. The van der Waals surface area contributed by atoms with Crippen LogP contribution in [0.25, 0.3) is 0 Å². The highest BCUT2D eigenvalue weighted by molar-refractivity contribution is 7.99. The molecule has 0 bridgehead atoms. The van der Waals surface area contributed by atoms with Crippen LogP contribution in [0.1, 0.15) is 32.1 Å². The zero-order valence-electron chi connectivity index (χ0n) is 10.4. The molecule has 0 radical (unpaired) electrons. The Morgan fingerprint density at radius 2 is 2.29 bits per heavy atom. The molecule has 0 amide bonds. The molecule has 2 heterocycles. The third kappa shape index (κ3) is 2.98. The molecule has 3 unspecified atom stereocenters. The second-order valence-corrected chi connectivity index (χ2v) is 6.94. The van der Waals surface area contributed by atoms with Crippen molar-refractivity contribution in [2.75, 3.05) is 24.7 Å². The maximum absolute atomic E-state index is 9.88. The summed E-state index contributed by atoms with van der Waals surface area (Å²) in [7, 11) is 0. The molecule has 3 nitrogen and oxygen atoms in total. The molecule has 4 heteroatoms. The van der Waals surface area contributed by atoms with Gasteiger partial charge in [-0.1, -0.05) is 0 Å². The van der Waals surface area contributed by atoms with Gasteiger partial charge in [0.1, 0.15) is 0 Å². The van der Waals surface area contributed by atoms with Crippen LogP contribution in [0.2, 0.25) is 0 Å². The fraction of sp³-hybridized carbons (Fsp3) is 1.00. The number of hydrogen-bond acceptors (Lipinski definition) is 4. The van der Waals surface area contributed by atoms with Crippen molar-refractivity contribution in [3.05, 3.63) is 0 Å². The summed E-state index contributed by atoms with van der Waals surface area (Å²) in [4.78, 5) is 0. The highest BCUT2D eigenvalue weighted by atomic mass is 32.2. The van der Waals surface area contributed by atoms with Gasteiger partial charge in [-0.25, -0.2) is 0 Å². The van der Waals surface area contributed by atoms with Crippen LogP contribution < -0.4 is 5.32 Å². The lowest BCUT2D eigenvalue weighted by molar-refractivity contribution is -0.0711. The van der Waals surface area contributed by atoms with Gasteiger partial charge in [-0.05, 0) is 43.8 Å². The van der Waals surface area contributed by atoms with Crippen LogP contribution in [0.15, 0.2) is 0 Å². The predicted molar refractivity (Wildman–Crippen MR) is 70.4 cm³/mol. The SMILES string of the molecule is OC(CNC1CCOC2(CCSC2)C1)C1CC1. The second kappa shape index (κ2) is 5.08. The van der Waals surface area contributed by atoms with E-state index in [1.54, 1.807) is 0 Å². The Morgan fingerprint density at radius 1 is 1.41 bits per heavy atom. The Labute approximate surface area is 108 Å². The molecule has 3 rings (SSSR count). The first-order valence-electron chi connectivity index (χ1n) is 6.91.